The van der Waals surface area contributed by atoms with Gasteiger partial charge in [0.15, 0.2) is 5.96 Å². The van der Waals surface area contributed by atoms with E-state index in [1.165, 1.54) is 5.69 Å². The molecule has 1 aromatic carbocycles. The van der Waals surface area contributed by atoms with Gasteiger partial charge in [0.05, 0.1) is 12.1 Å². The highest BCUT2D eigenvalue weighted by Gasteiger charge is 2.32. The van der Waals surface area contributed by atoms with Gasteiger partial charge in [-0.25, -0.2) is 0 Å². The van der Waals surface area contributed by atoms with Crippen molar-refractivity contribution in [3.05, 3.63) is 29.3 Å². The van der Waals surface area contributed by atoms with E-state index in [0.717, 1.165) is 63.1 Å². The molecular formula is C20H31ClN4O2. The molecule has 2 fully saturated rings. The third kappa shape index (κ3) is 5.50. The lowest BCUT2D eigenvalue weighted by Gasteiger charge is -2.34. The molecule has 1 aromatic rings. The summed E-state index contributed by atoms with van der Waals surface area (Å²) < 4.78 is 11.3. The van der Waals surface area contributed by atoms with Gasteiger partial charge in [0.1, 0.15) is 0 Å². The molecule has 3 rings (SSSR count). The molecule has 0 saturated carbocycles. The Labute approximate surface area is 167 Å². The van der Waals surface area contributed by atoms with Crippen molar-refractivity contribution in [3.8, 4) is 0 Å². The van der Waals surface area contributed by atoms with Gasteiger partial charge in [-0.2, -0.15) is 0 Å². The van der Waals surface area contributed by atoms with E-state index in [4.69, 9.17) is 26.1 Å². The zero-order valence-corrected chi connectivity index (χ0v) is 17.1. The van der Waals surface area contributed by atoms with E-state index in [9.17, 15) is 0 Å². The molecule has 0 spiro atoms. The summed E-state index contributed by atoms with van der Waals surface area (Å²) in [5.74, 6) is 0.860. The highest BCUT2D eigenvalue weighted by Crippen LogP contribution is 2.25. The number of nitrogens with one attached hydrogen (secondary N) is 2. The third-order valence-electron chi connectivity index (χ3n) is 5.41. The van der Waals surface area contributed by atoms with Gasteiger partial charge in [-0.3, -0.25) is 4.99 Å². The van der Waals surface area contributed by atoms with Crippen molar-refractivity contribution in [2.45, 2.75) is 37.8 Å². The SMILES string of the molecule is CCNC(=NCC1(OC)CCOCC1)NC1CCN(c2cccc(Cl)c2)C1. The van der Waals surface area contributed by atoms with E-state index in [-0.39, 0.29) is 5.60 Å². The number of hydrogen-bond acceptors (Lipinski definition) is 4. The van der Waals surface area contributed by atoms with Crippen LogP contribution < -0.4 is 15.5 Å². The topological polar surface area (TPSA) is 58.1 Å². The first-order valence-corrected chi connectivity index (χ1v) is 10.2. The van der Waals surface area contributed by atoms with Gasteiger partial charge in [0.2, 0.25) is 0 Å². The average molecular weight is 395 g/mol. The van der Waals surface area contributed by atoms with Crippen molar-refractivity contribution in [1.29, 1.82) is 0 Å². The van der Waals surface area contributed by atoms with Crippen molar-refractivity contribution in [2.75, 3.05) is 51.4 Å². The molecule has 1 unspecified atom stereocenters. The molecule has 150 valence electrons. The summed E-state index contributed by atoms with van der Waals surface area (Å²) in [6.07, 6.45) is 2.84. The summed E-state index contributed by atoms with van der Waals surface area (Å²) in [6.45, 7) is 7.00. The first kappa shape index (κ1) is 20.2. The van der Waals surface area contributed by atoms with Crippen molar-refractivity contribution in [1.82, 2.24) is 10.6 Å². The Kier molecular flexibility index (Phi) is 7.21. The van der Waals surface area contributed by atoms with Crippen molar-refractivity contribution >= 4 is 23.2 Å². The Hall–Kier alpha value is -1.50. The van der Waals surface area contributed by atoms with Crippen molar-refractivity contribution in [3.63, 3.8) is 0 Å². The lowest BCUT2D eigenvalue weighted by atomic mass is 9.94. The van der Waals surface area contributed by atoms with Gasteiger partial charge < -0.3 is 25.0 Å². The maximum Gasteiger partial charge on any atom is 0.191 e. The summed E-state index contributed by atoms with van der Waals surface area (Å²) >= 11 is 6.13. The standard InChI is InChI=1S/C20H31ClN4O2/c1-3-22-19(23-15-20(26-2)8-11-27-12-9-20)24-17-7-10-25(14-17)18-6-4-5-16(21)13-18/h4-6,13,17H,3,7-12,14-15H2,1-2H3,(H2,22,23,24). The zero-order chi connectivity index (χ0) is 19.1. The quantitative estimate of drug-likeness (QED) is 0.574. The minimum atomic E-state index is -0.205. The maximum absolute atomic E-state index is 6.13. The predicted octanol–water partition coefficient (Wildman–Crippen LogP) is 2.67. The van der Waals surface area contributed by atoms with Crippen LogP contribution in [0.15, 0.2) is 29.3 Å². The predicted molar refractivity (Wildman–Crippen MR) is 111 cm³/mol. The number of ether oxygens (including phenoxy) is 2. The minimum absolute atomic E-state index is 0.205. The normalized spacial score (nSPS) is 22.7. The van der Waals surface area contributed by atoms with Gasteiger partial charge in [0.25, 0.3) is 0 Å². The Balaban J connectivity index is 1.59. The van der Waals surface area contributed by atoms with Crippen LogP contribution in [0.5, 0.6) is 0 Å². The van der Waals surface area contributed by atoms with Crippen LogP contribution in [-0.2, 0) is 9.47 Å². The number of methoxy groups -OCH3 is 1. The number of benzene rings is 1. The summed E-state index contributed by atoms with van der Waals surface area (Å²) in [5.41, 5.74) is 0.970. The highest BCUT2D eigenvalue weighted by atomic mass is 35.5. The number of rotatable bonds is 6. The van der Waals surface area contributed by atoms with Crippen LogP contribution in [0, 0.1) is 0 Å². The molecular weight excluding hydrogens is 364 g/mol. The Morgan fingerprint density at radius 1 is 1.41 bits per heavy atom. The van der Waals surface area contributed by atoms with Gasteiger partial charge in [-0.15, -0.1) is 0 Å². The van der Waals surface area contributed by atoms with E-state index < -0.39 is 0 Å². The second-order valence-corrected chi connectivity index (χ2v) is 7.69. The van der Waals surface area contributed by atoms with Crippen molar-refractivity contribution < 1.29 is 9.47 Å². The monoisotopic (exact) mass is 394 g/mol. The highest BCUT2D eigenvalue weighted by molar-refractivity contribution is 6.30. The molecule has 2 aliphatic rings. The summed E-state index contributed by atoms with van der Waals surface area (Å²) in [6, 6.07) is 8.41. The van der Waals surface area contributed by atoms with Crippen LogP contribution in [-0.4, -0.2) is 64.1 Å². The molecule has 0 aliphatic carbocycles. The molecule has 27 heavy (non-hydrogen) atoms. The molecule has 2 N–H and O–H groups in total. The second kappa shape index (κ2) is 9.62. The largest absolute Gasteiger partial charge is 0.381 e. The fraction of sp³-hybridized carbons (Fsp3) is 0.650. The molecule has 0 aromatic heterocycles. The molecule has 1 atom stereocenters. The van der Waals surface area contributed by atoms with E-state index in [0.29, 0.717) is 12.6 Å². The van der Waals surface area contributed by atoms with Crippen molar-refractivity contribution in [2.24, 2.45) is 4.99 Å². The third-order valence-corrected chi connectivity index (χ3v) is 5.64. The number of aliphatic imine (C=N–C) groups is 1. The lowest BCUT2D eigenvalue weighted by Crippen LogP contribution is -2.47. The van der Waals surface area contributed by atoms with E-state index in [1.54, 1.807) is 7.11 Å². The Morgan fingerprint density at radius 2 is 2.22 bits per heavy atom. The van der Waals surface area contributed by atoms with Crippen LogP contribution in [0.4, 0.5) is 5.69 Å². The average Bonchev–Trinajstić information content (AvgIpc) is 3.16. The number of anilines is 1. The van der Waals surface area contributed by atoms with Crippen LogP contribution in [0.25, 0.3) is 0 Å². The van der Waals surface area contributed by atoms with E-state index in [1.807, 2.05) is 18.2 Å². The summed E-state index contributed by atoms with van der Waals surface area (Å²) in [7, 11) is 1.78. The molecule has 0 bridgehead atoms. The summed E-state index contributed by atoms with van der Waals surface area (Å²) in [5, 5.41) is 7.73. The smallest absolute Gasteiger partial charge is 0.191 e. The van der Waals surface area contributed by atoms with Crippen LogP contribution in [0.3, 0.4) is 0 Å². The first-order valence-electron chi connectivity index (χ1n) is 9.82. The second-order valence-electron chi connectivity index (χ2n) is 7.25. The van der Waals surface area contributed by atoms with E-state index in [2.05, 4.69) is 28.5 Å². The number of hydrogen-bond donors (Lipinski definition) is 2. The molecule has 7 heteroatoms. The van der Waals surface area contributed by atoms with Gasteiger partial charge in [-0.1, -0.05) is 17.7 Å². The zero-order valence-electron chi connectivity index (χ0n) is 16.3. The molecule has 2 saturated heterocycles. The van der Waals surface area contributed by atoms with Crippen LogP contribution in [0.1, 0.15) is 26.2 Å². The molecule has 6 nitrogen and oxygen atoms in total. The number of guanidine groups is 1. The maximum atomic E-state index is 6.13. The fourth-order valence-corrected chi connectivity index (χ4v) is 3.88. The molecule has 2 heterocycles. The van der Waals surface area contributed by atoms with Gasteiger partial charge in [0, 0.05) is 69.6 Å². The fourth-order valence-electron chi connectivity index (χ4n) is 3.69. The number of halogens is 1. The summed E-state index contributed by atoms with van der Waals surface area (Å²) in [4.78, 5) is 7.19. The Morgan fingerprint density at radius 3 is 2.93 bits per heavy atom. The minimum Gasteiger partial charge on any atom is -0.381 e. The Bertz CT molecular complexity index is 634. The van der Waals surface area contributed by atoms with E-state index >= 15 is 0 Å². The first-order chi connectivity index (χ1) is 13.1. The molecule has 2 aliphatic heterocycles. The lowest BCUT2D eigenvalue weighted by molar-refractivity contribution is -0.0828. The molecule has 0 radical (unpaired) electrons. The van der Waals surface area contributed by atoms with Gasteiger partial charge >= 0.3 is 0 Å². The number of nitrogens with zero attached hydrogens (tertiary/aromatic N) is 2. The van der Waals surface area contributed by atoms with Crippen LogP contribution in [0.2, 0.25) is 5.02 Å². The van der Waals surface area contributed by atoms with Crippen LogP contribution >= 0.6 is 11.6 Å². The molecule has 0 amide bonds. The van der Waals surface area contributed by atoms with Gasteiger partial charge in [-0.05, 0) is 31.5 Å².